The van der Waals surface area contributed by atoms with Gasteiger partial charge in [0.1, 0.15) is 16.4 Å². The van der Waals surface area contributed by atoms with Gasteiger partial charge in [-0.25, -0.2) is 15.0 Å². The topological polar surface area (TPSA) is 73.1 Å². The van der Waals surface area contributed by atoms with Gasteiger partial charge in [-0.3, -0.25) is 0 Å². The molecule has 0 atom stereocenters. The standard InChI is InChI=1S/C22H16N4O2S2/c1-14-13-29-22(25-14)26-20-19(28-15-5-3-2-4-6-15)11-16(12-24-20)30-21-17-8-10-27-18(17)7-9-23-21/h2-13H,1H3,(H,24,25,26). The Kier molecular flexibility index (Phi) is 5.08. The number of aryl methyl sites for hydroxylation is 1. The van der Waals surface area contributed by atoms with Gasteiger partial charge in [0.25, 0.3) is 0 Å². The molecule has 0 fully saturated rings. The van der Waals surface area contributed by atoms with Crippen molar-refractivity contribution in [3.05, 3.63) is 78.3 Å². The number of nitrogens with zero attached hydrogens (tertiary/aromatic N) is 3. The zero-order valence-electron chi connectivity index (χ0n) is 15.9. The van der Waals surface area contributed by atoms with E-state index in [-0.39, 0.29) is 0 Å². The zero-order chi connectivity index (χ0) is 20.3. The first-order chi connectivity index (χ1) is 14.7. The van der Waals surface area contributed by atoms with Gasteiger partial charge in [0.2, 0.25) is 0 Å². The first-order valence-corrected chi connectivity index (χ1v) is 10.9. The van der Waals surface area contributed by atoms with E-state index in [1.54, 1.807) is 18.7 Å². The van der Waals surface area contributed by atoms with Crippen LogP contribution in [0.5, 0.6) is 11.5 Å². The summed E-state index contributed by atoms with van der Waals surface area (Å²) in [6, 6.07) is 15.4. The molecule has 0 radical (unpaired) electrons. The molecule has 0 saturated carbocycles. The predicted octanol–water partition coefficient (Wildman–Crippen LogP) is 6.67. The van der Waals surface area contributed by atoms with Crippen LogP contribution in [0, 0.1) is 6.92 Å². The third-order valence-electron chi connectivity index (χ3n) is 4.20. The maximum absolute atomic E-state index is 6.14. The lowest BCUT2D eigenvalue weighted by atomic mass is 10.3. The van der Waals surface area contributed by atoms with Crippen LogP contribution in [0.3, 0.4) is 0 Å². The van der Waals surface area contributed by atoms with E-state index in [0.29, 0.717) is 11.6 Å². The fourth-order valence-corrected chi connectivity index (χ4v) is 4.42. The highest BCUT2D eigenvalue weighted by Gasteiger charge is 2.13. The van der Waals surface area contributed by atoms with Crippen LogP contribution in [-0.2, 0) is 0 Å². The highest BCUT2D eigenvalue weighted by Crippen LogP contribution is 2.37. The number of aromatic nitrogens is 3. The largest absolute Gasteiger partial charge is 0.464 e. The van der Waals surface area contributed by atoms with Gasteiger partial charge in [0.05, 0.1) is 17.3 Å². The number of nitrogens with one attached hydrogen (secondary N) is 1. The van der Waals surface area contributed by atoms with Crippen molar-refractivity contribution in [1.29, 1.82) is 0 Å². The second-order valence-corrected chi connectivity index (χ2v) is 8.32. The summed E-state index contributed by atoms with van der Waals surface area (Å²) in [6.07, 6.45) is 5.21. The molecule has 0 aliphatic carbocycles. The summed E-state index contributed by atoms with van der Waals surface area (Å²) >= 11 is 3.04. The summed E-state index contributed by atoms with van der Waals surface area (Å²) < 4.78 is 11.6. The Morgan fingerprint density at radius 1 is 1.10 bits per heavy atom. The molecule has 5 rings (SSSR count). The van der Waals surface area contributed by atoms with Gasteiger partial charge in [-0.1, -0.05) is 30.0 Å². The minimum absolute atomic E-state index is 0.604. The molecule has 1 N–H and O–H groups in total. The number of pyridine rings is 2. The van der Waals surface area contributed by atoms with Crippen LogP contribution < -0.4 is 10.1 Å². The molecule has 4 heterocycles. The van der Waals surface area contributed by atoms with Crippen molar-refractivity contribution in [2.24, 2.45) is 0 Å². The summed E-state index contributed by atoms with van der Waals surface area (Å²) in [7, 11) is 0. The molecule has 8 heteroatoms. The minimum atomic E-state index is 0.604. The Bertz CT molecular complexity index is 1300. The second kappa shape index (κ2) is 8.17. The Hall–Kier alpha value is -3.36. The minimum Gasteiger partial charge on any atom is -0.464 e. The van der Waals surface area contributed by atoms with Gasteiger partial charge in [0, 0.05) is 28.7 Å². The molecule has 1 aromatic carbocycles. The molecule has 0 aliphatic heterocycles. The van der Waals surface area contributed by atoms with Gasteiger partial charge in [-0.15, -0.1) is 11.3 Å². The highest BCUT2D eigenvalue weighted by atomic mass is 32.2. The van der Waals surface area contributed by atoms with E-state index in [4.69, 9.17) is 9.15 Å². The number of ether oxygens (including phenoxy) is 1. The number of thiazole rings is 1. The van der Waals surface area contributed by atoms with E-state index in [1.807, 2.05) is 60.8 Å². The maximum atomic E-state index is 6.14. The van der Waals surface area contributed by atoms with Crippen molar-refractivity contribution >= 4 is 45.0 Å². The average Bonchev–Trinajstić information content (AvgIpc) is 3.40. The lowest BCUT2D eigenvalue weighted by Gasteiger charge is -2.12. The van der Waals surface area contributed by atoms with Gasteiger partial charge in [-0.05, 0) is 31.2 Å². The Morgan fingerprint density at radius 3 is 2.83 bits per heavy atom. The van der Waals surface area contributed by atoms with Gasteiger partial charge in [-0.2, -0.15) is 0 Å². The van der Waals surface area contributed by atoms with Crippen molar-refractivity contribution in [1.82, 2.24) is 15.0 Å². The summed E-state index contributed by atoms with van der Waals surface area (Å²) in [5.41, 5.74) is 1.76. The number of anilines is 2. The van der Waals surface area contributed by atoms with Crippen LogP contribution in [-0.4, -0.2) is 15.0 Å². The molecule has 5 aromatic rings. The molecule has 148 valence electrons. The number of hydrogen-bond acceptors (Lipinski definition) is 8. The van der Waals surface area contributed by atoms with E-state index in [9.17, 15) is 0 Å². The highest BCUT2D eigenvalue weighted by molar-refractivity contribution is 7.99. The van der Waals surface area contributed by atoms with Crippen molar-refractivity contribution in [2.45, 2.75) is 16.8 Å². The van der Waals surface area contributed by atoms with Gasteiger partial charge >= 0.3 is 0 Å². The van der Waals surface area contributed by atoms with Crippen molar-refractivity contribution in [3.63, 3.8) is 0 Å². The van der Waals surface area contributed by atoms with Crippen molar-refractivity contribution < 1.29 is 9.15 Å². The number of furan rings is 1. The number of fused-ring (bicyclic) bond motifs is 1. The van der Waals surface area contributed by atoms with Gasteiger partial charge in [0.15, 0.2) is 16.7 Å². The van der Waals surface area contributed by atoms with E-state index in [0.717, 1.165) is 37.5 Å². The van der Waals surface area contributed by atoms with Crippen LogP contribution in [0.25, 0.3) is 11.0 Å². The molecular formula is C22H16N4O2S2. The average molecular weight is 433 g/mol. The summed E-state index contributed by atoms with van der Waals surface area (Å²) in [5.74, 6) is 1.94. The maximum Gasteiger partial charge on any atom is 0.188 e. The van der Waals surface area contributed by atoms with E-state index in [2.05, 4.69) is 20.3 Å². The number of rotatable bonds is 6. The smallest absolute Gasteiger partial charge is 0.188 e. The molecule has 30 heavy (non-hydrogen) atoms. The SMILES string of the molecule is Cc1csc(Nc2ncc(Sc3nccc4occc34)cc2Oc2ccccc2)n1. The lowest BCUT2D eigenvalue weighted by Crippen LogP contribution is -1.97. The second-order valence-electron chi connectivity index (χ2n) is 6.40. The molecular weight excluding hydrogens is 416 g/mol. The van der Waals surface area contributed by atoms with E-state index < -0.39 is 0 Å². The van der Waals surface area contributed by atoms with Crippen molar-refractivity contribution in [3.8, 4) is 11.5 Å². The lowest BCUT2D eigenvalue weighted by molar-refractivity contribution is 0.481. The van der Waals surface area contributed by atoms with Crippen LogP contribution in [0.2, 0.25) is 0 Å². The molecule has 6 nitrogen and oxygen atoms in total. The molecule has 0 amide bonds. The fourth-order valence-electron chi connectivity index (χ4n) is 2.84. The van der Waals surface area contributed by atoms with E-state index in [1.165, 1.54) is 23.1 Å². The number of para-hydroxylation sites is 1. The quantitative estimate of drug-likeness (QED) is 0.321. The van der Waals surface area contributed by atoms with Crippen LogP contribution in [0.1, 0.15) is 5.69 Å². The summed E-state index contributed by atoms with van der Waals surface area (Å²) in [4.78, 5) is 14.5. The Morgan fingerprint density at radius 2 is 2.00 bits per heavy atom. The van der Waals surface area contributed by atoms with E-state index >= 15 is 0 Å². The normalized spacial score (nSPS) is 11.0. The molecule has 0 bridgehead atoms. The monoisotopic (exact) mass is 432 g/mol. The summed E-state index contributed by atoms with van der Waals surface area (Å²) in [6.45, 7) is 1.96. The van der Waals surface area contributed by atoms with Crippen LogP contribution in [0.4, 0.5) is 10.9 Å². The molecule has 0 spiro atoms. The molecule has 0 unspecified atom stereocenters. The Balaban J connectivity index is 1.49. The van der Waals surface area contributed by atoms with Crippen LogP contribution >= 0.6 is 23.1 Å². The molecule has 0 aliphatic rings. The van der Waals surface area contributed by atoms with Gasteiger partial charge < -0.3 is 14.5 Å². The predicted molar refractivity (Wildman–Crippen MR) is 119 cm³/mol. The third-order valence-corrected chi connectivity index (χ3v) is 6.05. The molecule has 4 aromatic heterocycles. The Labute approximate surface area is 181 Å². The number of hydrogen-bond donors (Lipinski definition) is 1. The zero-order valence-corrected chi connectivity index (χ0v) is 17.5. The number of benzene rings is 1. The van der Waals surface area contributed by atoms with Crippen molar-refractivity contribution in [2.75, 3.05) is 5.32 Å². The summed E-state index contributed by atoms with van der Waals surface area (Å²) in [5, 5.41) is 7.83. The third kappa shape index (κ3) is 4.00. The molecule has 0 saturated heterocycles. The first kappa shape index (κ1) is 18.7. The first-order valence-electron chi connectivity index (χ1n) is 9.17. The fraction of sp³-hybridized carbons (Fsp3) is 0.0455. The van der Waals surface area contributed by atoms with Crippen LogP contribution in [0.15, 0.2) is 86.9 Å².